The minimum atomic E-state index is -0.349. The van der Waals surface area contributed by atoms with Gasteiger partial charge in [0.2, 0.25) is 11.8 Å². The molecule has 1 aromatic carbocycles. The zero-order chi connectivity index (χ0) is 15.5. The lowest BCUT2D eigenvalue weighted by Crippen LogP contribution is -2.27. The lowest BCUT2D eigenvalue weighted by atomic mass is 10.1. The van der Waals surface area contributed by atoms with Crippen molar-refractivity contribution in [3.63, 3.8) is 0 Å². The van der Waals surface area contributed by atoms with Gasteiger partial charge in [-0.2, -0.15) is 0 Å². The van der Waals surface area contributed by atoms with Crippen LogP contribution in [0.4, 0.5) is 5.69 Å². The van der Waals surface area contributed by atoms with Crippen molar-refractivity contribution in [1.29, 1.82) is 0 Å². The molecule has 2 amide bonds. The fraction of sp³-hybridized carbons (Fsp3) is 0.250. The van der Waals surface area contributed by atoms with Gasteiger partial charge < -0.3 is 14.6 Å². The highest BCUT2D eigenvalue weighted by molar-refractivity contribution is 6.30. The van der Waals surface area contributed by atoms with Gasteiger partial charge in [-0.05, 0) is 36.4 Å². The fourth-order valence-electron chi connectivity index (χ4n) is 2.47. The van der Waals surface area contributed by atoms with Crippen LogP contribution in [0.25, 0.3) is 0 Å². The Kier molecular flexibility index (Phi) is 4.15. The summed E-state index contributed by atoms with van der Waals surface area (Å²) in [5.41, 5.74) is 0.673. The number of hydrogen-bond acceptors (Lipinski definition) is 3. The van der Waals surface area contributed by atoms with E-state index >= 15 is 0 Å². The molecule has 2 aromatic rings. The number of likely N-dealkylation sites (tertiary alicyclic amines) is 1. The summed E-state index contributed by atoms with van der Waals surface area (Å²) in [6, 6.07) is 10.5. The number of benzene rings is 1. The van der Waals surface area contributed by atoms with Gasteiger partial charge >= 0.3 is 0 Å². The zero-order valence-corrected chi connectivity index (χ0v) is 12.5. The number of carbonyl (C=O) groups excluding carboxylic acids is 2. The molecule has 1 N–H and O–H groups in total. The van der Waals surface area contributed by atoms with E-state index in [9.17, 15) is 9.59 Å². The van der Waals surface area contributed by atoms with E-state index in [2.05, 4.69) is 5.32 Å². The quantitative estimate of drug-likeness (QED) is 0.942. The number of rotatable bonds is 4. The molecular formula is C16H15ClN2O3. The highest BCUT2D eigenvalue weighted by Crippen LogP contribution is 2.22. The predicted molar refractivity (Wildman–Crippen MR) is 82.3 cm³/mol. The van der Waals surface area contributed by atoms with E-state index in [1.54, 1.807) is 41.5 Å². The molecule has 114 valence electrons. The van der Waals surface area contributed by atoms with Crippen LogP contribution in [0.3, 0.4) is 0 Å². The van der Waals surface area contributed by atoms with Crippen molar-refractivity contribution in [2.24, 2.45) is 5.92 Å². The molecule has 1 aliphatic heterocycles. The average molecular weight is 319 g/mol. The lowest BCUT2D eigenvalue weighted by molar-refractivity contribution is -0.128. The van der Waals surface area contributed by atoms with Crippen LogP contribution in [-0.4, -0.2) is 23.3 Å². The smallest absolute Gasteiger partial charge is 0.229 e. The van der Waals surface area contributed by atoms with E-state index in [0.717, 1.165) is 0 Å². The summed E-state index contributed by atoms with van der Waals surface area (Å²) in [7, 11) is 0. The molecule has 0 unspecified atom stereocenters. The summed E-state index contributed by atoms with van der Waals surface area (Å²) in [5, 5.41) is 3.42. The maximum absolute atomic E-state index is 12.2. The van der Waals surface area contributed by atoms with Gasteiger partial charge in [0.15, 0.2) is 0 Å². The first-order valence-corrected chi connectivity index (χ1v) is 7.36. The minimum absolute atomic E-state index is 0.0346. The van der Waals surface area contributed by atoms with Gasteiger partial charge in [0.05, 0.1) is 18.7 Å². The van der Waals surface area contributed by atoms with Crippen LogP contribution in [0.15, 0.2) is 47.1 Å². The van der Waals surface area contributed by atoms with E-state index in [1.807, 2.05) is 6.07 Å². The van der Waals surface area contributed by atoms with Gasteiger partial charge in [-0.15, -0.1) is 0 Å². The third-order valence-electron chi connectivity index (χ3n) is 3.62. The first-order valence-electron chi connectivity index (χ1n) is 6.98. The van der Waals surface area contributed by atoms with Gasteiger partial charge in [0.25, 0.3) is 0 Å². The molecule has 22 heavy (non-hydrogen) atoms. The van der Waals surface area contributed by atoms with Gasteiger partial charge in [-0.25, -0.2) is 0 Å². The third kappa shape index (κ3) is 3.31. The molecule has 1 aromatic heterocycles. The molecule has 5 nitrogen and oxygen atoms in total. The number of halogens is 1. The molecule has 1 aliphatic rings. The van der Waals surface area contributed by atoms with Crippen LogP contribution < -0.4 is 5.32 Å². The molecule has 0 spiro atoms. The van der Waals surface area contributed by atoms with Crippen LogP contribution in [0.1, 0.15) is 12.2 Å². The monoisotopic (exact) mass is 318 g/mol. The second-order valence-corrected chi connectivity index (χ2v) is 5.69. The molecule has 2 heterocycles. The third-order valence-corrected chi connectivity index (χ3v) is 3.88. The van der Waals surface area contributed by atoms with Crippen LogP contribution in [-0.2, 0) is 16.1 Å². The minimum Gasteiger partial charge on any atom is -0.467 e. The van der Waals surface area contributed by atoms with Crippen LogP contribution in [0.2, 0.25) is 5.02 Å². The van der Waals surface area contributed by atoms with E-state index in [4.69, 9.17) is 16.0 Å². The first kappa shape index (κ1) is 14.7. The number of amides is 2. The molecule has 0 saturated carbocycles. The first-order chi connectivity index (χ1) is 10.6. The Morgan fingerprint density at radius 2 is 2.09 bits per heavy atom. The zero-order valence-electron chi connectivity index (χ0n) is 11.8. The predicted octanol–water partition coefficient (Wildman–Crippen LogP) is 2.92. The van der Waals surface area contributed by atoms with Crippen molar-refractivity contribution in [2.75, 3.05) is 11.9 Å². The summed E-state index contributed by atoms with van der Waals surface area (Å²) in [6.07, 6.45) is 1.79. The van der Waals surface area contributed by atoms with Crippen LogP contribution in [0, 0.1) is 5.92 Å². The molecular weight excluding hydrogens is 304 g/mol. The van der Waals surface area contributed by atoms with Gasteiger partial charge in [-0.1, -0.05) is 11.6 Å². The normalized spacial score (nSPS) is 17.8. The van der Waals surface area contributed by atoms with Crippen molar-refractivity contribution in [2.45, 2.75) is 13.0 Å². The number of nitrogens with zero attached hydrogens (tertiary/aromatic N) is 1. The standard InChI is InChI=1S/C16H15ClN2O3/c17-12-3-5-13(6-4-12)18-16(21)11-8-15(20)19(9-11)10-14-2-1-7-22-14/h1-7,11H,8-10H2,(H,18,21)/t11-/m0/s1. The Labute approximate surface area is 132 Å². The number of carbonyl (C=O) groups is 2. The summed E-state index contributed by atoms with van der Waals surface area (Å²) >= 11 is 5.81. The van der Waals surface area contributed by atoms with Crippen LogP contribution in [0.5, 0.6) is 0 Å². The maximum Gasteiger partial charge on any atom is 0.229 e. The summed E-state index contributed by atoms with van der Waals surface area (Å²) in [6.45, 7) is 0.801. The molecule has 0 bridgehead atoms. The second kappa shape index (κ2) is 6.23. The summed E-state index contributed by atoms with van der Waals surface area (Å²) in [4.78, 5) is 25.9. The van der Waals surface area contributed by atoms with Gasteiger partial charge in [-0.3, -0.25) is 9.59 Å². The fourth-order valence-corrected chi connectivity index (χ4v) is 2.59. The maximum atomic E-state index is 12.2. The molecule has 1 fully saturated rings. The average Bonchev–Trinajstić information content (AvgIpc) is 3.13. The molecule has 1 saturated heterocycles. The second-order valence-electron chi connectivity index (χ2n) is 5.25. The molecule has 6 heteroatoms. The Hall–Kier alpha value is -2.27. The van der Waals surface area contributed by atoms with E-state index < -0.39 is 0 Å². The van der Waals surface area contributed by atoms with Gasteiger partial charge in [0, 0.05) is 23.7 Å². The SMILES string of the molecule is O=C(Nc1ccc(Cl)cc1)[C@H]1CC(=O)N(Cc2ccco2)C1. The highest BCUT2D eigenvalue weighted by atomic mass is 35.5. The van der Waals surface area contributed by atoms with Crippen molar-refractivity contribution >= 4 is 29.1 Å². The van der Waals surface area contributed by atoms with Gasteiger partial charge in [0.1, 0.15) is 5.76 Å². The largest absolute Gasteiger partial charge is 0.467 e. The number of furan rings is 1. The van der Waals surface area contributed by atoms with E-state index in [1.165, 1.54) is 0 Å². The van der Waals surface area contributed by atoms with E-state index in [-0.39, 0.29) is 24.2 Å². The topological polar surface area (TPSA) is 62.6 Å². The molecule has 0 aliphatic carbocycles. The van der Waals surface area contributed by atoms with E-state index in [0.29, 0.717) is 29.6 Å². The number of nitrogens with one attached hydrogen (secondary N) is 1. The Morgan fingerprint density at radius 3 is 2.77 bits per heavy atom. The molecule has 1 atom stereocenters. The summed E-state index contributed by atoms with van der Waals surface area (Å²) in [5.74, 6) is 0.176. The molecule has 3 rings (SSSR count). The highest BCUT2D eigenvalue weighted by Gasteiger charge is 2.34. The Morgan fingerprint density at radius 1 is 1.32 bits per heavy atom. The molecule has 0 radical (unpaired) electrons. The Balaban J connectivity index is 1.60. The number of anilines is 1. The number of hydrogen-bond donors (Lipinski definition) is 1. The van der Waals surface area contributed by atoms with Crippen molar-refractivity contribution in [1.82, 2.24) is 4.90 Å². The van der Waals surface area contributed by atoms with Crippen LogP contribution >= 0.6 is 11.6 Å². The van der Waals surface area contributed by atoms with Crippen molar-refractivity contribution in [3.05, 3.63) is 53.4 Å². The lowest BCUT2D eigenvalue weighted by Gasteiger charge is -2.15. The van der Waals surface area contributed by atoms with Crippen molar-refractivity contribution < 1.29 is 14.0 Å². The Bertz CT molecular complexity index is 667. The summed E-state index contributed by atoms with van der Waals surface area (Å²) < 4.78 is 5.24. The van der Waals surface area contributed by atoms with Crippen molar-refractivity contribution in [3.8, 4) is 0 Å².